The number of carbonyl (C=O) groups excluding carboxylic acids is 2. The summed E-state index contributed by atoms with van der Waals surface area (Å²) in [7, 11) is 3.03. The van der Waals surface area contributed by atoms with Crippen LogP contribution in [0.3, 0.4) is 0 Å². The number of hydrogen-bond acceptors (Lipinski definition) is 9. The SMILES string of the molecule is COCOc1cc(OC)cc2c1C(=O)OCC/C=C\C(OC(=O)c1ccccc1)C1OC(C)(C)O[C@H]1CC=C2. The monoisotopic (exact) mass is 538 g/mol. The van der Waals surface area contributed by atoms with E-state index in [4.69, 9.17) is 33.2 Å². The summed E-state index contributed by atoms with van der Waals surface area (Å²) in [5, 5.41) is 0. The van der Waals surface area contributed by atoms with Gasteiger partial charge in [-0.1, -0.05) is 36.4 Å². The minimum Gasteiger partial charge on any atom is -0.497 e. The summed E-state index contributed by atoms with van der Waals surface area (Å²) in [4.78, 5) is 26.1. The lowest BCUT2D eigenvalue weighted by atomic mass is 10.0. The van der Waals surface area contributed by atoms with Crippen LogP contribution in [-0.2, 0) is 23.7 Å². The van der Waals surface area contributed by atoms with Gasteiger partial charge in [0.05, 0.1) is 25.4 Å². The lowest BCUT2D eigenvalue weighted by molar-refractivity contribution is -0.152. The number of benzene rings is 2. The van der Waals surface area contributed by atoms with Crippen molar-refractivity contribution in [2.45, 2.75) is 50.8 Å². The van der Waals surface area contributed by atoms with E-state index < -0.39 is 36.0 Å². The molecule has 0 spiro atoms. The first-order valence-corrected chi connectivity index (χ1v) is 12.8. The molecular formula is C30H34O9. The van der Waals surface area contributed by atoms with Crippen molar-refractivity contribution in [3.63, 3.8) is 0 Å². The summed E-state index contributed by atoms with van der Waals surface area (Å²) in [6.07, 6.45) is 6.32. The number of ether oxygens (including phenoxy) is 7. The highest BCUT2D eigenvalue weighted by Gasteiger charge is 2.45. The lowest BCUT2D eigenvalue weighted by Crippen LogP contribution is -2.37. The van der Waals surface area contributed by atoms with Crippen molar-refractivity contribution in [3.05, 3.63) is 77.4 Å². The molecule has 1 saturated heterocycles. The normalized spacial score (nSPS) is 23.5. The standard InChI is InChI=1S/C30H34O9/c1-30(2)38-24-15-10-13-21-17-22(34-4)18-25(36-19-33-3)26(21)29(32)35-16-9-8-14-23(27(24)39-30)37-28(31)20-11-6-5-7-12-20/h5-8,10-14,17-18,23-24,27H,9,15-16,19H2,1-4H3/b13-10?,14-8-/t23?,24-,27?/m0/s1. The number of carbonyl (C=O) groups is 2. The molecule has 0 saturated carbocycles. The van der Waals surface area contributed by atoms with Gasteiger partial charge in [0, 0.05) is 13.2 Å². The van der Waals surface area contributed by atoms with Crippen molar-refractivity contribution < 1.29 is 42.7 Å². The van der Waals surface area contributed by atoms with E-state index in [1.165, 1.54) is 14.2 Å². The summed E-state index contributed by atoms with van der Waals surface area (Å²) in [5.74, 6) is -1.10. The fourth-order valence-electron chi connectivity index (χ4n) is 4.47. The molecule has 0 amide bonds. The summed E-state index contributed by atoms with van der Waals surface area (Å²) in [6, 6.07) is 12.1. The maximum atomic E-state index is 13.1. The molecule has 2 aliphatic heterocycles. The predicted octanol–water partition coefficient (Wildman–Crippen LogP) is 4.94. The van der Waals surface area contributed by atoms with Crippen LogP contribution in [0.15, 0.2) is 60.7 Å². The van der Waals surface area contributed by atoms with Crippen LogP contribution in [0.1, 0.15) is 53.0 Å². The zero-order chi connectivity index (χ0) is 27.8. The van der Waals surface area contributed by atoms with Gasteiger partial charge < -0.3 is 33.2 Å². The van der Waals surface area contributed by atoms with E-state index in [1.807, 2.05) is 26.0 Å². The molecule has 39 heavy (non-hydrogen) atoms. The Labute approximate surface area is 228 Å². The Bertz CT molecular complexity index is 1200. The van der Waals surface area contributed by atoms with Gasteiger partial charge in [-0.2, -0.15) is 0 Å². The highest BCUT2D eigenvalue weighted by atomic mass is 16.8. The van der Waals surface area contributed by atoms with E-state index in [0.29, 0.717) is 29.7 Å². The highest BCUT2D eigenvalue weighted by molar-refractivity contribution is 5.97. The molecule has 0 radical (unpaired) electrons. The lowest BCUT2D eigenvalue weighted by Gasteiger charge is -2.24. The van der Waals surface area contributed by atoms with Crippen LogP contribution in [0.4, 0.5) is 0 Å². The van der Waals surface area contributed by atoms with Gasteiger partial charge in [-0.15, -0.1) is 0 Å². The quantitative estimate of drug-likeness (QED) is 0.288. The van der Waals surface area contributed by atoms with Gasteiger partial charge in [-0.3, -0.25) is 0 Å². The van der Waals surface area contributed by atoms with Crippen molar-refractivity contribution in [3.8, 4) is 11.5 Å². The second-order valence-electron chi connectivity index (χ2n) is 9.51. The zero-order valence-electron chi connectivity index (χ0n) is 22.6. The first-order chi connectivity index (χ1) is 18.8. The minimum absolute atomic E-state index is 0.0492. The average Bonchev–Trinajstić information content (AvgIpc) is 3.24. The zero-order valence-corrected chi connectivity index (χ0v) is 22.6. The molecule has 2 unspecified atom stereocenters. The highest BCUT2D eigenvalue weighted by Crippen LogP contribution is 2.35. The Morgan fingerprint density at radius 3 is 2.62 bits per heavy atom. The summed E-state index contributed by atoms with van der Waals surface area (Å²) in [5.41, 5.74) is 1.26. The van der Waals surface area contributed by atoms with Crippen LogP contribution in [0.25, 0.3) is 6.08 Å². The van der Waals surface area contributed by atoms with Crippen LogP contribution < -0.4 is 9.47 Å². The molecule has 2 aromatic carbocycles. The van der Waals surface area contributed by atoms with Gasteiger partial charge in [0.1, 0.15) is 29.3 Å². The molecule has 208 valence electrons. The van der Waals surface area contributed by atoms with Crippen LogP contribution in [0.2, 0.25) is 0 Å². The third-order valence-corrected chi connectivity index (χ3v) is 6.19. The molecule has 9 nitrogen and oxygen atoms in total. The Balaban J connectivity index is 1.67. The Morgan fingerprint density at radius 1 is 1.08 bits per heavy atom. The first-order valence-electron chi connectivity index (χ1n) is 12.8. The van der Waals surface area contributed by atoms with Crippen molar-refractivity contribution in [1.82, 2.24) is 0 Å². The van der Waals surface area contributed by atoms with Crippen molar-refractivity contribution in [1.29, 1.82) is 0 Å². The summed E-state index contributed by atoms with van der Waals surface area (Å²) in [6.45, 7) is 3.70. The van der Waals surface area contributed by atoms with Crippen LogP contribution in [0, 0.1) is 0 Å². The maximum absolute atomic E-state index is 13.1. The summed E-state index contributed by atoms with van der Waals surface area (Å²) < 4.78 is 40.0. The van der Waals surface area contributed by atoms with E-state index >= 15 is 0 Å². The van der Waals surface area contributed by atoms with E-state index in [1.54, 1.807) is 54.6 Å². The van der Waals surface area contributed by atoms with Gasteiger partial charge in [0.2, 0.25) is 0 Å². The van der Waals surface area contributed by atoms with E-state index in [0.717, 1.165) is 0 Å². The first kappa shape index (κ1) is 28.4. The fraction of sp³-hybridized carbons (Fsp3) is 0.400. The fourth-order valence-corrected chi connectivity index (χ4v) is 4.47. The number of methoxy groups -OCH3 is 2. The van der Waals surface area contributed by atoms with Gasteiger partial charge in [0.25, 0.3) is 0 Å². The van der Waals surface area contributed by atoms with Crippen LogP contribution in [-0.4, -0.2) is 63.7 Å². The molecule has 0 N–H and O–H groups in total. The molecule has 4 rings (SSSR count). The number of fused-ring (bicyclic) bond motifs is 2. The van der Waals surface area contributed by atoms with E-state index in [9.17, 15) is 9.59 Å². The smallest absolute Gasteiger partial charge is 0.342 e. The van der Waals surface area contributed by atoms with Gasteiger partial charge >= 0.3 is 11.9 Å². The van der Waals surface area contributed by atoms with Crippen molar-refractivity contribution in [2.75, 3.05) is 27.6 Å². The number of hydrogen-bond donors (Lipinski definition) is 0. The van der Waals surface area contributed by atoms with Gasteiger partial charge in [-0.25, -0.2) is 9.59 Å². The molecule has 2 aliphatic rings. The van der Waals surface area contributed by atoms with Crippen molar-refractivity contribution >= 4 is 18.0 Å². The van der Waals surface area contributed by atoms with Crippen molar-refractivity contribution in [2.24, 2.45) is 0 Å². The Kier molecular flexibility index (Phi) is 9.40. The number of rotatable bonds is 6. The maximum Gasteiger partial charge on any atom is 0.342 e. The molecular weight excluding hydrogens is 504 g/mol. The minimum atomic E-state index is -0.885. The van der Waals surface area contributed by atoms with E-state index in [2.05, 4.69) is 0 Å². The molecule has 2 heterocycles. The largest absolute Gasteiger partial charge is 0.497 e. The number of cyclic esters (lactones) is 1. The molecule has 1 fully saturated rings. The second kappa shape index (κ2) is 12.9. The molecule has 0 aromatic heterocycles. The molecule has 3 atom stereocenters. The van der Waals surface area contributed by atoms with Gasteiger partial charge in [0.15, 0.2) is 12.6 Å². The third kappa shape index (κ3) is 7.26. The average molecular weight is 539 g/mol. The van der Waals surface area contributed by atoms with Crippen LogP contribution >= 0.6 is 0 Å². The molecule has 0 bridgehead atoms. The van der Waals surface area contributed by atoms with Gasteiger partial charge in [-0.05, 0) is 56.5 Å². The second-order valence-corrected chi connectivity index (χ2v) is 9.51. The Morgan fingerprint density at radius 2 is 1.87 bits per heavy atom. The molecule has 9 heteroatoms. The molecule has 0 aliphatic carbocycles. The Hall–Kier alpha value is -3.66. The van der Waals surface area contributed by atoms with E-state index in [-0.39, 0.29) is 24.7 Å². The third-order valence-electron chi connectivity index (χ3n) is 6.19. The van der Waals surface area contributed by atoms with Crippen LogP contribution in [0.5, 0.6) is 11.5 Å². The number of esters is 2. The topological polar surface area (TPSA) is 98.8 Å². The summed E-state index contributed by atoms with van der Waals surface area (Å²) >= 11 is 0. The molecule has 2 aromatic rings. The predicted molar refractivity (Wildman–Crippen MR) is 143 cm³/mol.